The maximum Gasteiger partial charge on any atom is 0.410 e. The van der Waals surface area contributed by atoms with E-state index in [4.69, 9.17) is 13.9 Å². The van der Waals surface area contributed by atoms with E-state index >= 15 is 0 Å². The molecule has 1 N–H and O–H groups in total. The van der Waals surface area contributed by atoms with Gasteiger partial charge in [-0.3, -0.25) is 0 Å². The third-order valence-electron chi connectivity index (χ3n) is 7.41. The summed E-state index contributed by atoms with van der Waals surface area (Å²) >= 11 is 1.67. The SMILES string of the molecule is C[C@H]1C[C@@]2(CCN1C(=O)OC(C)(C)C)OCCc1c2sc(CO)c1CO[Si](C)(C)C(C)(C)C. The summed E-state index contributed by atoms with van der Waals surface area (Å²) in [6.45, 7) is 20.9. The number of hydrogen-bond acceptors (Lipinski definition) is 6. The van der Waals surface area contributed by atoms with Gasteiger partial charge in [-0.25, -0.2) is 4.79 Å². The fourth-order valence-electron chi connectivity index (χ4n) is 4.50. The van der Waals surface area contributed by atoms with Gasteiger partial charge < -0.3 is 23.9 Å². The zero-order valence-electron chi connectivity index (χ0n) is 22.0. The Kier molecular flexibility index (Phi) is 7.48. The van der Waals surface area contributed by atoms with E-state index in [0.717, 1.165) is 29.7 Å². The first-order valence-corrected chi connectivity index (χ1v) is 15.8. The van der Waals surface area contributed by atoms with Crippen molar-refractivity contribution in [1.82, 2.24) is 4.90 Å². The molecule has 1 spiro atoms. The first-order chi connectivity index (χ1) is 15.1. The van der Waals surface area contributed by atoms with Crippen molar-refractivity contribution in [1.29, 1.82) is 0 Å². The molecule has 1 saturated heterocycles. The maximum absolute atomic E-state index is 12.7. The van der Waals surface area contributed by atoms with Crippen LogP contribution in [0.15, 0.2) is 0 Å². The lowest BCUT2D eigenvalue weighted by molar-refractivity contribution is -0.108. The average Bonchev–Trinajstić information content (AvgIpc) is 3.03. The molecule has 0 bridgehead atoms. The molecular weight excluding hydrogens is 454 g/mol. The molecule has 1 aromatic rings. The first-order valence-electron chi connectivity index (χ1n) is 12.1. The fraction of sp³-hybridized carbons (Fsp3) is 0.800. The lowest BCUT2D eigenvalue weighted by Crippen LogP contribution is -2.53. The third kappa shape index (κ3) is 5.50. The molecule has 0 radical (unpaired) electrons. The van der Waals surface area contributed by atoms with E-state index in [1.165, 1.54) is 10.4 Å². The topological polar surface area (TPSA) is 68.2 Å². The van der Waals surface area contributed by atoms with E-state index < -0.39 is 19.5 Å². The Morgan fingerprint density at radius 3 is 2.48 bits per heavy atom. The van der Waals surface area contributed by atoms with Gasteiger partial charge in [0.05, 0.1) is 19.8 Å². The average molecular weight is 498 g/mol. The molecule has 188 valence electrons. The van der Waals surface area contributed by atoms with Crippen molar-refractivity contribution in [3.63, 3.8) is 0 Å². The molecule has 33 heavy (non-hydrogen) atoms. The summed E-state index contributed by atoms with van der Waals surface area (Å²) in [5, 5.41) is 10.3. The normalized spacial score (nSPS) is 24.2. The van der Waals surface area contributed by atoms with Crippen molar-refractivity contribution < 1.29 is 23.8 Å². The van der Waals surface area contributed by atoms with Crippen LogP contribution in [0, 0.1) is 0 Å². The molecule has 0 unspecified atom stereocenters. The summed E-state index contributed by atoms with van der Waals surface area (Å²) in [4.78, 5) is 16.8. The van der Waals surface area contributed by atoms with Crippen molar-refractivity contribution in [2.45, 2.75) is 116 Å². The van der Waals surface area contributed by atoms with Gasteiger partial charge in [0.15, 0.2) is 8.32 Å². The van der Waals surface area contributed by atoms with Crippen molar-refractivity contribution >= 4 is 25.7 Å². The number of amides is 1. The Labute approximate surface area is 204 Å². The number of carbonyl (C=O) groups is 1. The van der Waals surface area contributed by atoms with E-state index in [9.17, 15) is 9.90 Å². The molecule has 2 aliphatic heterocycles. The predicted octanol–water partition coefficient (Wildman–Crippen LogP) is 5.95. The molecule has 1 amide bonds. The summed E-state index contributed by atoms with van der Waals surface area (Å²) in [7, 11) is -1.91. The Morgan fingerprint density at radius 1 is 1.27 bits per heavy atom. The minimum absolute atomic E-state index is 0.00570. The lowest BCUT2D eigenvalue weighted by atomic mass is 9.81. The highest BCUT2D eigenvalue weighted by Crippen LogP contribution is 2.49. The number of aliphatic hydroxyl groups excluding tert-OH is 1. The summed E-state index contributed by atoms with van der Waals surface area (Å²) in [5.74, 6) is 0. The summed E-state index contributed by atoms with van der Waals surface area (Å²) in [6.07, 6.45) is 2.05. The van der Waals surface area contributed by atoms with Gasteiger partial charge in [0.2, 0.25) is 0 Å². The molecule has 0 aliphatic carbocycles. The van der Waals surface area contributed by atoms with Crippen LogP contribution in [0.1, 0.15) is 82.2 Å². The number of hydrogen-bond donors (Lipinski definition) is 1. The van der Waals surface area contributed by atoms with E-state index in [1.807, 2.05) is 25.7 Å². The fourth-order valence-corrected chi connectivity index (χ4v) is 6.84. The molecular formula is C25H43NO5SSi. The molecule has 0 aromatic carbocycles. The number of piperidine rings is 1. The standard InChI is InChI=1S/C25H43NO5SSi/c1-17-14-25(11-12-26(17)22(28)31-23(2,3)4)21-18(10-13-29-25)19(20(15-27)32-21)16-30-33(8,9)24(5,6)7/h17,27H,10-16H2,1-9H3/t17-,25+/m0/s1. The van der Waals surface area contributed by atoms with Crippen molar-refractivity contribution in [3.8, 4) is 0 Å². The van der Waals surface area contributed by atoms with E-state index in [-0.39, 0.29) is 23.8 Å². The van der Waals surface area contributed by atoms with E-state index in [1.54, 1.807) is 11.3 Å². The van der Waals surface area contributed by atoms with Crippen LogP contribution in [0.2, 0.25) is 18.1 Å². The van der Waals surface area contributed by atoms with Crippen molar-refractivity contribution in [2.24, 2.45) is 0 Å². The van der Waals surface area contributed by atoms with Crippen LogP contribution >= 0.6 is 11.3 Å². The van der Waals surface area contributed by atoms with E-state index in [0.29, 0.717) is 19.8 Å². The highest BCUT2D eigenvalue weighted by atomic mass is 32.1. The Bertz CT molecular complexity index is 869. The molecule has 6 nitrogen and oxygen atoms in total. The number of carbonyl (C=O) groups excluding carboxylic acids is 1. The van der Waals surface area contributed by atoms with Gasteiger partial charge in [-0.15, -0.1) is 11.3 Å². The number of aliphatic hydroxyl groups is 1. The number of thiophene rings is 1. The van der Waals surface area contributed by atoms with Crippen LogP contribution < -0.4 is 0 Å². The second-order valence-corrected chi connectivity index (χ2v) is 18.0. The van der Waals surface area contributed by atoms with Gasteiger partial charge in [0.1, 0.15) is 11.2 Å². The predicted molar refractivity (Wildman–Crippen MR) is 135 cm³/mol. The van der Waals surface area contributed by atoms with Crippen molar-refractivity contribution in [2.75, 3.05) is 13.2 Å². The quantitative estimate of drug-likeness (QED) is 0.521. The Balaban J connectivity index is 1.85. The molecule has 3 heterocycles. The molecule has 1 aromatic heterocycles. The van der Waals surface area contributed by atoms with Gasteiger partial charge in [-0.2, -0.15) is 0 Å². The molecule has 3 rings (SSSR count). The number of ether oxygens (including phenoxy) is 2. The molecule has 2 aliphatic rings. The monoisotopic (exact) mass is 497 g/mol. The second kappa shape index (κ2) is 9.26. The van der Waals surface area contributed by atoms with Crippen LogP contribution in [-0.2, 0) is 39.1 Å². The third-order valence-corrected chi connectivity index (χ3v) is 13.3. The highest BCUT2D eigenvalue weighted by Gasteiger charge is 2.47. The second-order valence-electron chi connectivity index (χ2n) is 12.1. The van der Waals surface area contributed by atoms with Crippen LogP contribution in [0.25, 0.3) is 0 Å². The van der Waals surface area contributed by atoms with Crippen LogP contribution in [0.3, 0.4) is 0 Å². The molecule has 2 atom stereocenters. The summed E-state index contributed by atoms with van der Waals surface area (Å²) in [5.41, 5.74) is 1.54. The Morgan fingerprint density at radius 2 is 1.94 bits per heavy atom. The highest BCUT2D eigenvalue weighted by molar-refractivity contribution is 7.12. The zero-order chi connectivity index (χ0) is 24.8. The largest absolute Gasteiger partial charge is 0.444 e. The van der Waals surface area contributed by atoms with Gasteiger partial charge in [0, 0.05) is 28.8 Å². The number of likely N-dealkylation sites (tertiary alicyclic amines) is 1. The van der Waals surface area contributed by atoms with Crippen LogP contribution in [0.4, 0.5) is 4.79 Å². The number of rotatable bonds is 4. The maximum atomic E-state index is 12.7. The van der Waals surface area contributed by atoms with Gasteiger partial charge in [0.25, 0.3) is 0 Å². The minimum Gasteiger partial charge on any atom is -0.444 e. The number of nitrogens with zero attached hydrogens (tertiary/aromatic N) is 1. The van der Waals surface area contributed by atoms with Crippen LogP contribution in [-0.4, -0.2) is 49.2 Å². The minimum atomic E-state index is -1.91. The lowest BCUT2D eigenvalue weighted by Gasteiger charge is -2.47. The molecule has 1 fully saturated rings. The first kappa shape index (κ1) is 26.7. The zero-order valence-corrected chi connectivity index (χ0v) is 23.8. The van der Waals surface area contributed by atoms with Crippen molar-refractivity contribution in [3.05, 3.63) is 20.9 Å². The van der Waals surface area contributed by atoms with Crippen LogP contribution in [0.5, 0.6) is 0 Å². The smallest absolute Gasteiger partial charge is 0.410 e. The summed E-state index contributed by atoms with van der Waals surface area (Å²) < 4.78 is 18.7. The van der Waals surface area contributed by atoms with Gasteiger partial charge in [-0.1, -0.05) is 20.8 Å². The number of fused-ring (bicyclic) bond motifs is 2. The van der Waals surface area contributed by atoms with Gasteiger partial charge in [-0.05, 0) is 69.8 Å². The van der Waals surface area contributed by atoms with E-state index in [2.05, 4.69) is 40.8 Å². The van der Waals surface area contributed by atoms with Gasteiger partial charge >= 0.3 is 6.09 Å². The Hall–Kier alpha value is -0.933. The summed E-state index contributed by atoms with van der Waals surface area (Å²) in [6, 6.07) is 0.00570. The molecule has 0 saturated carbocycles. The molecule has 8 heteroatoms.